The van der Waals surface area contributed by atoms with Crippen molar-refractivity contribution in [2.75, 3.05) is 0 Å². The van der Waals surface area contributed by atoms with E-state index in [2.05, 4.69) is 68.5 Å². The molecule has 6 rings (SSSR count). The Hall–Kier alpha value is -3.75. The first-order valence-electron chi connectivity index (χ1n) is 11.6. The zero-order valence-corrected chi connectivity index (χ0v) is 20.2. The van der Waals surface area contributed by atoms with Gasteiger partial charge in [-0.3, -0.25) is 9.97 Å². The Morgan fingerprint density at radius 2 is 1.12 bits per heavy atom. The van der Waals surface area contributed by atoms with Crippen LogP contribution in [-0.4, -0.2) is 19.9 Å². The van der Waals surface area contributed by atoms with Crippen molar-refractivity contribution in [3.8, 4) is 22.5 Å². The fourth-order valence-electron chi connectivity index (χ4n) is 4.19. The second kappa shape index (κ2) is 9.62. The molecule has 0 fully saturated rings. The maximum atomic E-state index is 7.83. The topological polar surface area (TPSA) is 51.6 Å². The van der Waals surface area contributed by atoms with E-state index in [-0.39, 0.29) is 33.7 Å². The van der Waals surface area contributed by atoms with Crippen LogP contribution in [0.2, 0.25) is 0 Å². The van der Waals surface area contributed by atoms with Crippen molar-refractivity contribution in [1.82, 2.24) is 19.9 Å². The molecule has 4 nitrogen and oxygen atoms in total. The van der Waals surface area contributed by atoms with Gasteiger partial charge in [0.2, 0.25) is 0 Å². The first-order valence-corrected chi connectivity index (χ1v) is 10.6. The first-order chi connectivity index (χ1) is 17.1. The van der Waals surface area contributed by atoms with Gasteiger partial charge in [0.25, 0.3) is 0 Å². The monoisotopic (exact) mass is 619 g/mol. The van der Waals surface area contributed by atoms with Gasteiger partial charge in [0, 0.05) is 12.4 Å². The molecule has 0 aliphatic heterocycles. The van der Waals surface area contributed by atoms with Gasteiger partial charge in [0.1, 0.15) is 15.3 Å². The van der Waals surface area contributed by atoms with Crippen LogP contribution < -0.4 is 0 Å². The van der Waals surface area contributed by atoms with Crippen molar-refractivity contribution >= 4 is 21.5 Å². The van der Waals surface area contributed by atoms with Crippen LogP contribution in [0.1, 0.15) is 13.9 Å². The molecular weight excluding hydrogens is 599 g/mol. The van der Waals surface area contributed by atoms with Crippen LogP contribution in [0.4, 0.5) is 0 Å². The molecular formula is C29H18N4Pt. The number of fused-ring (bicyclic) bond motifs is 2. The van der Waals surface area contributed by atoms with Crippen LogP contribution >= 0.6 is 0 Å². The molecule has 0 radical (unpaired) electrons. The first kappa shape index (κ1) is 19.7. The second-order valence-corrected chi connectivity index (χ2v) is 7.76. The molecule has 0 atom stereocenters. The smallest absolute Gasteiger partial charge is 0.286 e. The number of benzene rings is 4. The molecule has 4 aromatic carbocycles. The third-order valence-electron chi connectivity index (χ3n) is 5.72. The Morgan fingerprint density at radius 3 is 1.59 bits per heavy atom. The Balaban J connectivity index is 0.00000267. The Kier molecular flexibility index (Phi) is 5.57. The molecule has 0 saturated heterocycles. The number of hydrogen-bond acceptors (Lipinski definition) is 4. The van der Waals surface area contributed by atoms with Gasteiger partial charge in [-0.15, -0.1) is 57.3 Å². The number of nitrogens with zero attached hydrogens (tertiary/aromatic N) is 4. The van der Waals surface area contributed by atoms with Crippen molar-refractivity contribution < 1.29 is 23.8 Å². The van der Waals surface area contributed by atoms with Crippen LogP contribution in [0.15, 0.2) is 97.8 Å². The third-order valence-corrected chi connectivity index (χ3v) is 5.72. The van der Waals surface area contributed by atoms with E-state index in [0.29, 0.717) is 17.8 Å². The van der Waals surface area contributed by atoms with Crippen molar-refractivity contribution in [1.29, 1.82) is 0 Å². The molecule has 0 aliphatic carbocycles. The maximum absolute atomic E-state index is 7.83. The van der Waals surface area contributed by atoms with Crippen LogP contribution in [0.25, 0.3) is 44.1 Å². The van der Waals surface area contributed by atoms with Crippen molar-refractivity contribution in [3.63, 3.8) is 0 Å². The summed E-state index contributed by atoms with van der Waals surface area (Å²) >= 11 is 0. The summed E-state index contributed by atoms with van der Waals surface area (Å²) < 4.78 is 15.7. The van der Waals surface area contributed by atoms with Gasteiger partial charge in [-0.1, -0.05) is 71.4 Å². The van der Waals surface area contributed by atoms with Crippen molar-refractivity contribution in [2.45, 2.75) is 6.42 Å². The summed E-state index contributed by atoms with van der Waals surface area (Å²) in [6, 6.07) is 31.3. The molecule has 0 bridgehead atoms. The van der Waals surface area contributed by atoms with E-state index in [1.165, 1.54) is 0 Å². The molecule has 6 aromatic rings. The van der Waals surface area contributed by atoms with E-state index in [4.69, 9.17) is 2.74 Å². The summed E-state index contributed by atoms with van der Waals surface area (Å²) in [5.41, 5.74) is 5.03. The van der Waals surface area contributed by atoms with Gasteiger partial charge in [-0.25, -0.2) is 9.97 Å². The predicted molar refractivity (Wildman–Crippen MR) is 130 cm³/mol. The fourth-order valence-corrected chi connectivity index (χ4v) is 4.19. The molecule has 0 N–H and O–H groups in total. The van der Waals surface area contributed by atoms with Gasteiger partial charge < -0.3 is 0 Å². The van der Waals surface area contributed by atoms with Crippen LogP contribution in [-0.2, 0) is 27.5 Å². The van der Waals surface area contributed by atoms with E-state index in [0.717, 1.165) is 43.8 Å². The number of rotatable bonds is 4. The van der Waals surface area contributed by atoms with Crippen LogP contribution in [0.3, 0.4) is 0 Å². The summed E-state index contributed by atoms with van der Waals surface area (Å²) in [7, 11) is 0. The third kappa shape index (κ3) is 4.25. The molecule has 0 spiro atoms. The molecule has 5 heteroatoms. The van der Waals surface area contributed by atoms with Crippen molar-refractivity contribution in [3.05, 3.63) is 121 Å². The van der Waals surface area contributed by atoms with E-state index in [1.807, 2.05) is 24.3 Å². The molecule has 0 amide bonds. The molecule has 0 aliphatic rings. The average Bonchev–Trinajstić information content (AvgIpc) is 2.88. The average molecular weight is 620 g/mol. The van der Waals surface area contributed by atoms with Crippen LogP contribution in [0, 0.1) is 12.1 Å². The Bertz CT molecular complexity index is 1590. The summed E-state index contributed by atoms with van der Waals surface area (Å²) in [5, 5.41) is 4.37. The van der Waals surface area contributed by atoms with E-state index < -0.39 is 0 Å². The minimum atomic E-state index is -0.0174. The van der Waals surface area contributed by atoms with E-state index >= 15 is 0 Å². The Labute approximate surface area is 214 Å². The molecule has 164 valence electrons. The molecule has 0 saturated carbocycles. The number of aromatic nitrogens is 4. The molecule has 0 unspecified atom stereocenters. The van der Waals surface area contributed by atoms with Gasteiger partial charge in [0.15, 0.2) is 0 Å². The van der Waals surface area contributed by atoms with Crippen molar-refractivity contribution in [2.24, 2.45) is 0 Å². The standard InChI is InChI=1S/C29H18N4.Pt/c1-3-7-26-20(5-1)13-24(28-9-11-30-18-32-28)16-22(26)15-23-17-25(29-10-12-31-19-33-29)14-21-6-2-4-8-27(21)23;/h1-14,18-19H,15H2;/q-2;+2/i18D,19D;. The molecule has 2 aromatic heterocycles. The minimum absolute atomic E-state index is 0. The summed E-state index contributed by atoms with van der Waals surface area (Å²) in [4.78, 5) is 16.4. The van der Waals surface area contributed by atoms with Gasteiger partial charge >= 0.3 is 21.1 Å². The zero-order valence-electron chi connectivity index (χ0n) is 19.9. The maximum Gasteiger partial charge on any atom is 2.00 e. The molecule has 2 heterocycles. The van der Waals surface area contributed by atoms with Gasteiger partial charge in [0.05, 0.1) is 0 Å². The zero-order chi connectivity index (χ0) is 23.8. The van der Waals surface area contributed by atoms with E-state index in [1.54, 1.807) is 24.5 Å². The SMILES string of the molecule is [2H]c1nccc(-c2[c-]c(Cc3[c-]c(-c4ccnc([2H])n4)cc4ccccc34)c3ccccc3c2)n1.[Pt+2]. The summed E-state index contributed by atoms with van der Waals surface area (Å²) in [6.45, 7) is 0. The largest absolute Gasteiger partial charge is 2.00 e. The quantitative estimate of drug-likeness (QED) is 0.224. The normalized spacial score (nSPS) is 11.6. The summed E-state index contributed by atoms with van der Waals surface area (Å²) in [6.07, 6.45) is 3.76. The Morgan fingerprint density at radius 1 is 0.647 bits per heavy atom. The fraction of sp³-hybridized carbons (Fsp3) is 0.0345. The van der Waals surface area contributed by atoms with E-state index in [9.17, 15) is 0 Å². The second-order valence-electron chi connectivity index (χ2n) is 7.76. The van der Waals surface area contributed by atoms with Gasteiger partial charge in [-0.05, 0) is 17.8 Å². The number of hydrogen-bond donors (Lipinski definition) is 0. The summed E-state index contributed by atoms with van der Waals surface area (Å²) in [5.74, 6) is 0. The minimum Gasteiger partial charge on any atom is -0.286 e. The van der Waals surface area contributed by atoms with Crippen LogP contribution in [0.5, 0.6) is 0 Å². The molecule has 34 heavy (non-hydrogen) atoms. The predicted octanol–water partition coefficient (Wildman–Crippen LogP) is 6.10. The van der Waals surface area contributed by atoms with Gasteiger partial charge in [-0.2, -0.15) is 0 Å².